The average Bonchev–Trinajstić information content (AvgIpc) is 2.22. The van der Waals surface area contributed by atoms with Crippen molar-refractivity contribution in [1.82, 2.24) is 0 Å². The van der Waals surface area contributed by atoms with Gasteiger partial charge in [-0.3, -0.25) is 9.35 Å². The maximum Gasteiger partial charge on any atom is 0.431 e. The van der Waals surface area contributed by atoms with E-state index < -0.39 is 57.7 Å². The van der Waals surface area contributed by atoms with Crippen molar-refractivity contribution in [3.05, 3.63) is 0 Å². The monoisotopic (exact) mass is 366 g/mol. The van der Waals surface area contributed by atoms with Crippen molar-refractivity contribution in [2.75, 3.05) is 6.61 Å². The Morgan fingerprint density at radius 2 is 1.74 bits per heavy atom. The molecule has 1 aliphatic rings. The van der Waals surface area contributed by atoms with Gasteiger partial charge in [0.2, 0.25) is 0 Å². The molecule has 1 aliphatic carbocycles. The lowest BCUT2D eigenvalue weighted by Crippen LogP contribution is -2.48. The summed E-state index contributed by atoms with van der Waals surface area (Å²) in [6.45, 7) is 1.79. The molecule has 0 aliphatic heterocycles. The Labute approximate surface area is 130 Å². The van der Waals surface area contributed by atoms with Crippen molar-refractivity contribution in [3.63, 3.8) is 0 Å². The number of esters is 1. The first kappa shape index (κ1) is 20.1. The van der Waals surface area contributed by atoms with Crippen molar-refractivity contribution in [2.45, 2.75) is 49.9 Å². The summed E-state index contributed by atoms with van der Waals surface area (Å²) < 4.78 is 85.5. The van der Waals surface area contributed by atoms with E-state index in [1.54, 1.807) is 0 Å². The molecule has 1 fully saturated rings. The second-order valence-corrected chi connectivity index (χ2v) is 7.52. The normalized spacial score (nSPS) is 23.3. The minimum Gasteiger partial charge on any atom is -0.465 e. The predicted molar refractivity (Wildman–Crippen MR) is 69.5 cm³/mol. The van der Waals surface area contributed by atoms with Gasteiger partial charge < -0.3 is 9.84 Å². The van der Waals surface area contributed by atoms with Crippen LogP contribution in [0.1, 0.15) is 33.1 Å². The van der Waals surface area contributed by atoms with E-state index in [2.05, 4.69) is 4.74 Å². The van der Waals surface area contributed by atoms with Crippen LogP contribution in [0.25, 0.3) is 0 Å². The van der Waals surface area contributed by atoms with E-state index in [1.165, 1.54) is 13.8 Å². The molecule has 0 saturated heterocycles. The standard InChI is InChI=1S/C12H18F4O6S/c1-10(2,18)8-4-3-7(8)9(17)22-6-5-11(13,14)12(15,16)23(19,20)21/h7-8,18H,3-6H2,1-2H3,(H,19,20,21). The molecule has 0 aromatic carbocycles. The molecule has 1 saturated carbocycles. The van der Waals surface area contributed by atoms with E-state index in [0.717, 1.165) is 0 Å². The summed E-state index contributed by atoms with van der Waals surface area (Å²) in [5.41, 5.74) is -1.18. The first-order valence-corrected chi connectivity index (χ1v) is 8.17. The molecule has 11 heteroatoms. The van der Waals surface area contributed by atoms with Crippen LogP contribution in [0.4, 0.5) is 17.6 Å². The highest BCUT2D eigenvalue weighted by Crippen LogP contribution is 2.43. The fourth-order valence-corrected chi connectivity index (χ4v) is 2.83. The van der Waals surface area contributed by atoms with E-state index >= 15 is 0 Å². The lowest BCUT2D eigenvalue weighted by atomic mass is 9.66. The molecule has 1 rings (SSSR count). The quantitative estimate of drug-likeness (QED) is 0.405. The van der Waals surface area contributed by atoms with Crippen LogP contribution in [0, 0.1) is 11.8 Å². The zero-order chi connectivity index (χ0) is 18.3. The second-order valence-electron chi connectivity index (χ2n) is 6.06. The lowest BCUT2D eigenvalue weighted by molar-refractivity contribution is -0.180. The Bertz CT molecular complexity index is 554. The number of hydrogen-bond acceptors (Lipinski definition) is 5. The Morgan fingerprint density at radius 1 is 1.22 bits per heavy atom. The predicted octanol–water partition coefficient (Wildman–Crippen LogP) is 1.83. The van der Waals surface area contributed by atoms with Crippen molar-refractivity contribution in [3.8, 4) is 0 Å². The van der Waals surface area contributed by atoms with E-state index in [9.17, 15) is 35.9 Å². The Balaban J connectivity index is 2.59. The summed E-state index contributed by atoms with van der Waals surface area (Å²) in [4.78, 5) is 11.7. The number of carbonyl (C=O) groups is 1. The molecule has 0 aromatic rings. The number of hydrogen-bond donors (Lipinski definition) is 2. The minimum atomic E-state index is -6.31. The van der Waals surface area contributed by atoms with Crippen LogP contribution in [0.15, 0.2) is 0 Å². The molecule has 2 atom stereocenters. The Hall–Kier alpha value is -0.940. The minimum absolute atomic E-state index is 0.366. The Kier molecular flexibility index (Phi) is 5.39. The van der Waals surface area contributed by atoms with Crippen LogP contribution >= 0.6 is 0 Å². The van der Waals surface area contributed by atoms with Crippen molar-refractivity contribution < 1.29 is 45.2 Å². The molecule has 0 radical (unpaired) electrons. The number of carbonyl (C=O) groups excluding carboxylic acids is 1. The molecular weight excluding hydrogens is 348 g/mol. The summed E-state index contributed by atoms with van der Waals surface area (Å²) in [5, 5.41) is 4.10. The van der Waals surface area contributed by atoms with Gasteiger partial charge in [0.1, 0.15) is 0 Å². The molecule has 136 valence electrons. The molecule has 0 amide bonds. The molecular formula is C12H18F4O6S. The van der Waals surface area contributed by atoms with Gasteiger partial charge in [0.25, 0.3) is 0 Å². The first-order valence-electron chi connectivity index (χ1n) is 6.73. The van der Waals surface area contributed by atoms with Gasteiger partial charge in [0, 0.05) is 5.92 Å². The average molecular weight is 366 g/mol. The van der Waals surface area contributed by atoms with Gasteiger partial charge in [-0.05, 0) is 26.7 Å². The summed E-state index contributed by atoms with van der Waals surface area (Å²) >= 11 is 0. The van der Waals surface area contributed by atoms with Gasteiger partial charge in [-0.25, -0.2) is 0 Å². The van der Waals surface area contributed by atoms with Gasteiger partial charge in [0.05, 0.1) is 24.5 Å². The number of alkyl halides is 4. The number of rotatable bonds is 7. The molecule has 0 bridgehead atoms. The molecule has 2 unspecified atom stereocenters. The van der Waals surface area contributed by atoms with Crippen LogP contribution in [-0.4, -0.2) is 47.4 Å². The van der Waals surface area contributed by atoms with Crippen LogP contribution < -0.4 is 0 Å². The highest BCUT2D eigenvalue weighted by atomic mass is 32.2. The molecule has 0 spiro atoms. The van der Waals surface area contributed by atoms with Gasteiger partial charge >= 0.3 is 27.3 Å². The summed E-state index contributed by atoms with van der Waals surface area (Å²) in [6, 6.07) is 0. The maximum atomic E-state index is 13.2. The maximum absolute atomic E-state index is 13.2. The summed E-state index contributed by atoms with van der Waals surface area (Å²) in [6.07, 6.45) is -0.878. The second kappa shape index (κ2) is 6.17. The van der Waals surface area contributed by atoms with E-state index in [4.69, 9.17) is 4.55 Å². The van der Waals surface area contributed by atoms with Crippen molar-refractivity contribution >= 4 is 16.1 Å². The van der Waals surface area contributed by atoms with Crippen LogP contribution in [0.3, 0.4) is 0 Å². The molecule has 6 nitrogen and oxygen atoms in total. The summed E-state index contributed by atoms with van der Waals surface area (Å²) in [5.74, 6) is -7.19. The zero-order valence-electron chi connectivity index (χ0n) is 12.4. The third kappa shape index (κ3) is 4.13. The SMILES string of the molecule is CC(C)(O)C1CCC1C(=O)OCCC(F)(F)C(F)(F)S(=O)(=O)O. The van der Waals surface area contributed by atoms with Crippen molar-refractivity contribution in [2.24, 2.45) is 11.8 Å². The number of aliphatic hydroxyl groups is 1. The number of ether oxygens (including phenoxy) is 1. The topological polar surface area (TPSA) is 101 Å². The highest BCUT2D eigenvalue weighted by molar-refractivity contribution is 7.87. The van der Waals surface area contributed by atoms with Gasteiger partial charge in [0.15, 0.2) is 0 Å². The van der Waals surface area contributed by atoms with Crippen molar-refractivity contribution in [1.29, 1.82) is 0 Å². The number of halogens is 4. The van der Waals surface area contributed by atoms with Gasteiger partial charge in [-0.15, -0.1) is 0 Å². The third-order valence-electron chi connectivity index (χ3n) is 3.89. The zero-order valence-corrected chi connectivity index (χ0v) is 13.2. The van der Waals surface area contributed by atoms with Crippen LogP contribution in [0.2, 0.25) is 0 Å². The van der Waals surface area contributed by atoms with Crippen LogP contribution in [-0.2, 0) is 19.6 Å². The Morgan fingerprint density at radius 3 is 2.09 bits per heavy atom. The van der Waals surface area contributed by atoms with Crippen LogP contribution in [0.5, 0.6) is 0 Å². The molecule has 0 aromatic heterocycles. The molecule has 0 heterocycles. The fraction of sp³-hybridized carbons (Fsp3) is 0.917. The van der Waals surface area contributed by atoms with Gasteiger partial charge in [-0.2, -0.15) is 26.0 Å². The largest absolute Gasteiger partial charge is 0.465 e. The third-order valence-corrected chi connectivity index (χ3v) is 4.84. The fourth-order valence-electron chi connectivity index (χ4n) is 2.35. The van der Waals surface area contributed by atoms with E-state index in [-0.39, 0.29) is 0 Å². The van der Waals surface area contributed by atoms with E-state index in [1.807, 2.05) is 0 Å². The van der Waals surface area contributed by atoms with E-state index in [0.29, 0.717) is 12.8 Å². The lowest BCUT2D eigenvalue weighted by Gasteiger charge is -2.42. The summed E-state index contributed by atoms with van der Waals surface area (Å²) in [7, 11) is -6.31. The smallest absolute Gasteiger partial charge is 0.431 e. The first-order chi connectivity index (χ1) is 10.1. The molecule has 2 N–H and O–H groups in total. The highest BCUT2D eigenvalue weighted by Gasteiger charge is 2.65. The molecule has 23 heavy (non-hydrogen) atoms. The van der Waals surface area contributed by atoms with Gasteiger partial charge in [-0.1, -0.05) is 0 Å².